The molecule has 0 bridgehead atoms. The fourth-order valence-electron chi connectivity index (χ4n) is 18.0. The minimum Gasteiger partial charge on any atom is -0.200 e. The largest absolute Gasteiger partial charge is 0.220 e. The first-order chi connectivity index (χ1) is 56.8. The van der Waals surface area contributed by atoms with Crippen LogP contribution in [0.5, 0.6) is 0 Å². The SMILES string of the molecule is Cc1cc(C)c(C)c(-c2c3ccc([Si](C)(C)C)cc3cc[n+]2C)c1.Cc1cc2c(cc1-c1c3ccc([Si](C)(C)C)cc3cc[n+]1C)C(C)(C)c1ccccc1-2.Cc1cc2ccccc2cc1-c1c2ccc([Si](C)(C)C)cc2cc[n+]1C.Cc1ccc(C)c(-c2c3ccc(C)cc3cc[n+]2C)c1.Cc1ccc2c(-c3ccccc3C)[n+](C)ccc2c1. The molecule has 0 saturated carbocycles. The van der Waals surface area contributed by atoms with Crippen molar-refractivity contribution in [2.75, 3.05) is 0 Å². The average molecular weight is 1620 g/mol. The molecular formula is C112H124N5Si3+5. The fraction of sp³-hybridized carbons (Fsp3) is 0.241. The molecule has 0 atom stereocenters. The number of pyridine rings is 5. The Morgan fingerprint density at radius 2 is 0.550 bits per heavy atom. The van der Waals surface area contributed by atoms with Crippen LogP contribution >= 0.6 is 0 Å². The molecule has 120 heavy (non-hydrogen) atoms. The molecular weight excluding hydrogens is 1500 g/mol. The number of aromatic nitrogens is 5. The molecule has 604 valence electrons. The van der Waals surface area contributed by atoms with Crippen LogP contribution in [0.25, 0.3) is 132 Å². The lowest BCUT2D eigenvalue weighted by Crippen LogP contribution is -2.37. The van der Waals surface area contributed by atoms with Gasteiger partial charge in [0, 0.05) is 46.9 Å². The Balaban J connectivity index is 0.000000124. The van der Waals surface area contributed by atoms with Crippen LogP contribution in [0, 0.1) is 69.2 Å². The number of benzene rings is 12. The van der Waals surface area contributed by atoms with Crippen LogP contribution in [0.1, 0.15) is 80.6 Å². The highest BCUT2D eigenvalue weighted by Gasteiger charge is 2.37. The normalized spacial score (nSPS) is 12.3. The van der Waals surface area contributed by atoms with Crippen LogP contribution < -0.4 is 38.4 Å². The zero-order chi connectivity index (χ0) is 85.9. The summed E-state index contributed by atoms with van der Waals surface area (Å²) in [4.78, 5) is 0. The third kappa shape index (κ3) is 17.2. The molecule has 5 nitrogen and oxygen atoms in total. The first-order valence-corrected chi connectivity index (χ1v) is 53.4. The summed E-state index contributed by atoms with van der Waals surface area (Å²) in [5.74, 6) is 0. The number of hydrogen-bond donors (Lipinski definition) is 0. The molecule has 18 rings (SSSR count). The van der Waals surface area contributed by atoms with E-state index in [1.807, 2.05) is 0 Å². The molecule has 0 aliphatic heterocycles. The van der Waals surface area contributed by atoms with E-state index in [0.29, 0.717) is 0 Å². The highest BCUT2D eigenvalue weighted by molar-refractivity contribution is 6.89. The molecule has 5 aromatic heterocycles. The second kappa shape index (κ2) is 33.7. The summed E-state index contributed by atoms with van der Waals surface area (Å²) in [5, 5.41) is 20.4. The minimum absolute atomic E-state index is 0.0164. The maximum atomic E-state index is 2.46. The van der Waals surface area contributed by atoms with Crippen molar-refractivity contribution in [1.82, 2.24) is 0 Å². The number of rotatable bonds is 8. The van der Waals surface area contributed by atoms with E-state index >= 15 is 0 Å². The van der Waals surface area contributed by atoms with Crippen molar-refractivity contribution in [2.45, 2.75) is 147 Å². The van der Waals surface area contributed by atoms with E-state index < -0.39 is 24.2 Å². The predicted octanol–water partition coefficient (Wildman–Crippen LogP) is 24.8. The van der Waals surface area contributed by atoms with E-state index in [2.05, 4.69) is 480 Å². The highest BCUT2D eigenvalue weighted by Crippen LogP contribution is 2.51. The number of nitrogens with zero attached hydrogens (tertiary/aromatic N) is 5. The molecule has 0 spiro atoms. The lowest BCUT2D eigenvalue weighted by atomic mass is 9.81. The molecule has 0 N–H and O–H groups in total. The molecule has 1 aliphatic carbocycles. The molecule has 8 heteroatoms. The summed E-state index contributed by atoms with van der Waals surface area (Å²) in [6, 6.07) is 92.6. The summed E-state index contributed by atoms with van der Waals surface area (Å²) in [5.41, 5.74) is 32.1. The number of aryl methyl sites for hydroxylation is 14. The van der Waals surface area contributed by atoms with Crippen molar-refractivity contribution in [2.24, 2.45) is 35.2 Å². The van der Waals surface area contributed by atoms with Gasteiger partial charge in [0.25, 0.3) is 0 Å². The van der Waals surface area contributed by atoms with Gasteiger partial charge in [-0.1, -0.05) is 268 Å². The van der Waals surface area contributed by atoms with E-state index in [9.17, 15) is 0 Å². The van der Waals surface area contributed by atoms with Crippen LogP contribution in [0.4, 0.5) is 0 Å². The highest BCUT2D eigenvalue weighted by atomic mass is 28.3. The van der Waals surface area contributed by atoms with Gasteiger partial charge < -0.3 is 0 Å². The van der Waals surface area contributed by atoms with Gasteiger partial charge in [0.05, 0.1) is 67.8 Å². The van der Waals surface area contributed by atoms with Crippen LogP contribution in [-0.4, -0.2) is 24.2 Å². The molecule has 0 fully saturated rings. The molecule has 0 radical (unpaired) electrons. The quantitative estimate of drug-likeness (QED) is 0.107. The fourth-order valence-corrected chi connectivity index (χ4v) is 21.5. The van der Waals surface area contributed by atoms with Gasteiger partial charge in [0.15, 0.2) is 31.0 Å². The second-order valence-corrected chi connectivity index (χ2v) is 53.2. The zero-order valence-electron chi connectivity index (χ0n) is 76.3. The van der Waals surface area contributed by atoms with Crippen molar-refractivity contribution >= 4 is 104 Å². The first kappa shape index (κ1) is 85.0. The lowest BCUT2D eigenvalue weighted by Gasteiger charge is -2.22. The van der Waals surface area contributed by atoms with Crippen molar-refractivity contribution in [3.8, 4) is 67.4 Å². The molecule has 5 heterocycles. The minimum atomic E-state index is -1.35. The van der Waals surface area contributed by atoms with Gasteiger partial charge >= 0.3 is 0 Å². The van der Waals surface area contributed by atoms with Crippen LogP contribution in [0.3, 0.4) is 0 Å². The van der Waals surface area contributed by atoms with E-state index in [-0.39, 0.29) is 5.41 Å². The van der Waals surface area contributed by atoms with Gasteiger partial charge in [0.2, 0.25) is 28.5 Å². The van der Waals surface area contributed by atoms with Gasteiger partial charge in [-0.05, 0) is 223 Å². The smallest absolute Gasteiger partial charge is 0.200 e. The Kier molecular flexibility index (Phi) is 23.9. The summed E-state index contributed by atoms with van der Waals surface area (Å²) < 4.78 is 11.2. The molecule has 0 amide bonds. The predicted molar refractivity (Wildman–Crippen MR) is 524 cm³/mol. The van der Waals surface area contributed by atoms with Crippen LogP contribution in [0.2, 0.25) is 58.9 Å². The Bertz CT molecular complexity index is 6880. The maximum Gasteiger partial charge on any atom is 0.220 e. The van der Waals surface area contributed by atoms with E-state index in [1.54, 1.807) is 0 Å². The Morgan fingerprint density at radius 3 is 1.00 bits per heavy atom. The summed E-state index contributed by atoms with van der Waals surface area (Å²) in [6.45, 7) is 48.3. The van der Waals surface area contributed by atoms with E-state index in [1.165, 1.54) is 214 Å². The third-order valence-corrected chi connectivity index (χ3v) is 31.4. The van der Waals surface area contributed by atoms with Gasteiger partial charge in [-0.25, -0.2) is 22.8 Å². The lowest BCUT2D eigenvalue weighted by molar-refractivity contribution is -0.659. The van der Waals surface area contributed by atoms with Crippen LogP contribution in [0.15, 0.2) is 280 Å². The molecule has 0 unspecified atom stereocenters. The van der Waals surface area contributed by atoms with Crippen molar-refractivity contribution < 1.29 is 22.8 Å². The van der Waals surface area contributed by atoms with E-state index in [0.717, 1.165) is 0 Å². The van der Waals surface area contributed by atoms with Crippen molar-refractivity contribution in [3.63, 3.8) is 0 Å². The van der Waals surface area contributed by atoms with Gasteiger partial charge in [-0.15, -0.1) is 0 Å². The zero-order valence-corrected chi connectivity index (χ0v) is 79.3. The van der Waals surface area contributed by atoms with Crippen molar-refractivity contribution in [1.29, 1.82) is 0 Å². The van der Waals surface area contributed by atoms with Crippen LogP contribution in [-0.2, 0) is 40.7 Å². The number of fused-ring (bicyclic) bond motifs is 9. The third-order valence-electron chi connectivity index (χ3n) is 25.2. The summed E-state index contributed by atoms with van der Waals surface area (Å²) in [6.07, 6.45) is 10.9. The Labute approximate surface area is 718 Å². The Hall–Kier alpha value is -11.4. The second-order valence-electron chi connectivity index (χ2n) is 38.0. The van der Waals surface area contributed by atoms with Crippen molar-refractivity contribution in [3.05, 3.63) is 346 Å². The van der Waals surface area contributed by atoms with E-state index in [4.69, 9.17) is 0 Å². The van der Waals surface area contributed by atoms with Gasteiger partial charge in [-0.3, -0.25) is 0 Å². The molecule has 12 aromatic carbocycles. The molecule has 17 aromatic rings. The monoisotopic (exact) mass is 1620 g/mol. The summed E-state index contributed by atoms with van der Waals surface area (Å²) in [7, 11) is 6.75. The van der Waals surface area contributed by atoms with Gasteiger partial charge in [0.1, 0.15) is 35.2 Å². The maximum absolute atomic E-state index is 2.46. The Morgan fingerprint density at radius 1 is 0.217 bits per heavy atom. The molecule has 1 aliphatic rings. The topological polar surface area (TPSA) is 19.4 Å². The average Bonchev–Trinajstić information content (AvgIpc) is 1.56. The first-order valence-electron chi connectivity index (χ1n) is 42.9. The summed E-state index contributed by atoms with van der Waals surface area (Å²) >= 11 is 0. The standard InChI is InChI=1S/C29H32NSi.C24H26NSi.C22H28NSi.C19H20N.C18H18N/c1-19-16-25-23-10-8-9-11-26(23)29(2,3)27(25)18-24(19)28-22-13-12-21(31(5,6)7)17-20(22)14-15-30(28)4;1-17-14-18-8-6-7-9-19(18)16-23(17)24-22-11-10-21(26(3,4)5)15-20(22)12-13-25(24)2;1-15-12-16(2)17(3)21(13-15)22-20-9-8-19(24(5,6)7)14-18(20)10-11-23(22)4;1-13-6-8-17-16(11-13)9-10-20(4)19(17)18-12-14(2)5-7-15(18)3;1-13-8-9-17-15(12-13)10-11-19(3)18(17)16-7-5-4-6-14(16)2/h8-18H,1-7H3;6-16H,1-5H3;8-14H,1-7H3;5-12H,1-4H3;4-12H,1-3H3/q5*+1. The van der Waals surface area contributed by atoms with Gasteiger partial charge in [-0.2, -0.15) is 0 Å². The number of hydrogen-bond acceptors (Lipinski definition) is 0. The molecule has 0 saturated heterocycles.